The Labute approximate surface area is 165 Å². The second-order valence-electron chi connectivity index (χ2n) is 6.74. The lowest BCUT2D eigenvalue weighted by atomic mass is 10.0. The molecule has 0 saturated carbocycles. The molecule has 28 heavy (non-hydrogen) atoms. The zero-order chi connectivity index (χ0) is 19.8. The summed E-state index contributed by atoms with van der Waals surface area (Å²) in [6, 6.07) is 18.6. The van der Waals surface area contributed by atoms with Gasteiger partial charge < -0.3 is 15.5 Å². The van der Waals surface area contributed by atoms with E-state index in [2.05, 4.69) is 15.8 Å². The van der Waals surface area contributed by atoms with Crippen LogP contribution in [0.3, 0.4) is 0 Å². The summed E-state index contributed by atoms with van der Waals surface area (Å²) in [4.78, 5) is 30.6. The van der Waals surface area contributed by atoms with Crippen LogP contribution in [-0.4, -0.2) is 36.2 Å². The van der Waals surface area contributed by atoms with Gasteiger partial charge in [0.2, 0.25) is 12.0 Å². The first kappa shape index (κ1) is 19.6. The van der Waals surface area contributed by atoms with E-state index in [-0.39, 0.29) is 11.8 Å². The maximum absolute atomic E-state index is 12.7. The van der Waals surface area contributed by atoms with E-state index in [1.807, 2.05) is 67.6 Å². The van der Waals surface area contributed by atoms with Crippen molar-refractivity contribution in [3.05, 3.63) is 71.8 Å². The van der Waals surface area contributed by atoms with E-state index < -0.39 is 12.1 Å². The van der Waals surface area contributed by atoms with Gasteiger partial charge in [-0.15, -0.1) is 0 Å². The summed E-state index contributed by atoms with van der Waals surface area (Å²) in [7, 11) is 0. The molecule has 1 heterocycles. The molecule has 2 amide bonds. The van der Waals surface area contributed by atoms with Gasteiger partial charge in [-0.1, -0.05) is 72.7 Å². The summed E-state index contributed by atoms with van der Waals surface area (Å²) < 4.78 is 0. The van der Waals surface area contributed by atoms with Crippen LogP contribution in [0.4, 0.5) is 0 Å². The Kier molecular flexibility index (Phi) is 6.78. The van der Waals surface area contributed by atoms with E-state index >= 15 is 0 Å². The van der Waals surface area contributed by atoms with Crippen LogP contribution in [0, 0.1) is 0 Å². The van der Waals surface area contributed by atoms with Gasteiger partial charge in [0.05, 0.1) is 5.71 Å². The molecule has 0 saturated heterocycles. The van der Waals surface area contributed by atoms with Gasteiger partial charge >= 0.3 is 0 Å². The number of rotatable bonds is 8. The number of hydrogen-bond donors (Lipinski definition) is 2. The van der Waals surface area contributed by atoms with Crippen LogP contribution in [0.25, 0.3) is 0 Å². The average molecular weight is 379 g/mol. The number of nitrogens with zero attached hydrogens (tertiary/aromatic N) is 1. The van der Waals surface area contributed by atoms with Gasteiger partial charge in [0.25, 0.3) is 5.91 Å². The topological polar surface area (TPSA) is 79.8 Å². The van der Waals surface area contributed by atoms with Gasteiger partial charge in [-0.25, -0.2) is 0 Å². The second kappa shape index (κ2) is 9.69. The highest BCUT2D eigenvalue weighted by atomic mass is 16.6. The van der Waals surface area contributed by atoms with Gasteiger partial charge in [0.15, 0.2) is 0 Å². The molecule has 2 atom stereocenters. The molecule has 1 aliphatic heterocycles. The molecule has 146 valence electrons. The third-order valence-corrected chi connectivity index (χ3v) is 4.53. The van der Waals surface area contributed by atoms with Gasteiger partial charge in [-0.05, 0) is 17.5 Å². The molecule has 0 aromatic heterocycles. The number of oxime groups is 1. The summed E-state index contributed by atoms with van der Waals surface area (Å²) in [6.45, 7) is 2.56. The van der Waals surface area contributed by atoms with E-state index in [1.54, 1.807) is 0 Å². The highest BCUT2D eigenvalue weighted by Gasteiger charge is 2.31. The quantitative estimate of drug-likeness (QED) is 0.739. The fourth-order valence-electron chi connectivity index (χ4n) is 3.01. The van der Waals surface area contributed by atoms with E-state index in [4.69, 9.17) is 4.84 Å². The molecule has 1 aliphatic rings. The van der Waals surface area contributed by atoms with Crippen molar-refractivity contribution < 1.29 is 14.4 Å². The van der Waals surface area contributed by atoms with Crippen LogP contribution in [0.1, 0.15) is 30.9 Å². The monoisotopic (exact) mass is 379 g/mol. The van der Waals surface area contributed by atoms with Gasteiger partial charge in [0, 0.05) is 19.4 Å². The Morgan fingerprint density at radius 3 is 2.46 bits per heavy atom. The van der Waals surface area contributed by atoms with Crippen molar-refractivity contribution in [1.82, 2.24) is 10.6 Å². The fraction of sp³-hybridized carbons (Fsp3) is 0.318. The first-order valence-electron chi connectivity index (χ1n) is 9.57. The predicted octanol–water partition coefficient (Wildman–Crippen LogP) is 2.43. The number of carbonyl (C=O) groups excluding carboxylic acids is 2. The van der Waals surface area contributed by atoms with Gasteiger partial charge in [-0.3, -0.25) is 9.59 Å². The number of nitrogens with one attached hydrogen (secondary N) is 2. The van der Waals surface area contributed by atoms with Crippen LogP contribution in [0.5, 0.6) is 0 Å². The first-order chi connectivity index (χ1) is 13.7. The summed E-state index contributed by atoms with van der Waals surface area (Å²) >= 11 is 0. The molecule has 0 unspecified atom stereocenters. The van der Waals surface area contributed by atoms with Crippen molar-refractivity contribution in [2.24, 2.45) is 5.16 Å². The maximum atomic E-state index is 12.7. The number of benzene rings is 2. The summed E-state index contributed by atoms with van der Waals surface area (Å²) in [5.74, 6) is -0.525. The Bertz CT molecular complexity index is 821. The largest absolute Gasteiger partial charge is 0.382 e. The molecule has 6 nitrogen and oxygen atoms in total. The Hall–Kier alpha value is -3.15. The molecule has 6 heteroatoms. The minimum atomic E-state index is -0.729. The molecule has 0 radical (unpaired) electrons. The fourth-order valence-corrected chi connectivity index (χ4v) is 3.01. The highest BCUT2D eigenvalue weighted by molar-refractivity contribution is 6.04. The average Bonchev–Trinajstić information content (AvgIpc) is 3.23. The first-order valence-corrected chi connectivity index (χ1v) is 9.57. The summed E-state index contributed by atoms with van der Waals surface area (Å²) in [5.41, 5.74) is 2.64. The minimum absolute atomic E-state index is 0.193. The zero-order valence-electron chi connectivity index (χ0n) is 15.9. The molecular weight excluding hydrogens is 354 g/mol. The van der Waals surface area contributed by atoms with Crippen LogP contribution in [0.15, 0.2) is 65.8 Å². The predicted molar refractivity (Wildman–Crippen MR) is 108 cm³/mol. The minimum Gasteiger partial charge on any atom is -0.382 e. The normalized spacial score (nSPS) is 16.6. The van der Waals surface area contributed by atoms with Gasteiger partial charge in [0.1, 0.15) is 6.04 Å². The standard InChI is InChI=1S/C22H25N3O3/c1-2-13-23-21(26)19(14-16-9-5-3-6-10-16)24-22(27)20-15-18(25-28-20)17-11-7-4-8-12-17/h3-12,19-20H,2,13-15H2,1H3,(H,23,26)(H,24,27)/t19-,20-/m1/s1. The molecule has 2 aromatic rings. The molecule has 0 fully saturated rings. The highest BCUT2D eigenvalue weighted by Crippen LogP contribution is 2.17. The Morgan fingerprint density at radius 2 is 1.79 bits per heavy atom. The number of carbonyl (C=O) groups is 2. The van der Waals surface area contributed by atoms with Crippen LogP contribution in [-0.2, 0) is 20.8 Å². The maximum Gasteiger partial charge on any atom is 0.265 e. The number of hydrogen-bond acceptors (Lipinski definition) is 4. The van der Waals surface area contributed by atoms with Crippen molar-refractivity contribution in [2.45, 2.75) is 38.3 Å². The Balaban J connectivity index is 1.63. The number of amides is 2. The van der Waals surface area contributed by atoms with E-state index in [0.717, 1.165) is 23.3 Å². The van der Waals surface area contributed by atoms with E-state index in [0.29, 0.717) is 19.4 Å². The molecule has 2 N–H and O–H groups in total. The van der Waals surface area contributed by atoms with Crippen molar-refractivity contribution in [2.75, 3.05) is 6.54 Å². The van der Waals surface area contributed by atoms with E-state index in [1.165, 1.54) is 0 Å². The van der Waals surface area contributed by atoms with E-state index in [9.17, 15) is 9.59 Å². The van der Waals surface area contributed by atoms with Gasteiger partial charge in [-0.2, -0.15) is 0 Å². The van der Waals surface area contributed by atoms with Crippen LogP contribution < -0.4 is 10.6 Å². The van der Waals surface area contributed by atoms with Crippen molar-refractivity contribution in [1.29, 1.82) is 0 Å². The third-order valence-electron chi connectivity index (χ3n) is 4.53. The molecule has 3 rings (SSSR count). The van der Waals surface area contributed by atoms with Crippen LogP contribution >= 0.6 is 0 Å². The lowest BCUT2D eigenvalue weighted by Crippen LogP contribution is -2.51. The SMILES string of the molecule is CCCNC(=O)[C@@H](Cc1ccccc1)NC(=O)[C@H]1CC(c2ccccc2)=NO1. The lowest BCUT2D eigenvalue weighted by molar-refractivity contribution is -0.135. The lowest BCUT2D eigenvalue weighted by Gasteiger charge is -2.20. The third kappa shape index (κ3) is 5.19. The molecule has 0 aliphatic carbocycles. The Morgan fingerprint density at radius 1 is 1.11 bits per heavy atom. The zero-order valence-corrected chi connectivity index (χ0v) is 15.9. The van der Waals surface area contributed by atoms with Crippen molar-refractivity contribution >= 4 is 17.5 Å². The van der Waals surface area contributed by atoms with Crippen molar-refractivity contribution in [3.63, 3.8) is 0 Å². The molecule has 0 bridgehead atoms. The summed E-state index contributed by atoms with van der Waals surface area (Å²) in [6.07, 6.45) is 0.899. The van der Waals surface area contributed by atoms with Crippen molar-refractivity contribution in [3.8, 4) is 0 Å². The van der Waals surface area contributed by atoms with Crippen LogP contribution in [0.2, 0.25) is 0 Å². The molecule has 0 spiro atoms. The second-order valence-corrected chi connectivity index (χ2v) is 6.74. The molecular formula is C22H25N3O3. The summed E-state index contributed by atoms with van der Waals surface area (Å²) in [5, 5.41) is 9.75. The smallest absolute Gasteiger partial charge is 0.265 e. The molecule has 2 aromatic carbocycles.